The highest BCUT2D eigenvalue weighted by atomic mass is 16.5. The van der Waals surface area contributed by atoms with Crippen LogP contribution >= 0.6 is 0 Å². The van der Waals surface area contributed by atoms with Gasteiger partial charge < -0.3 is 10.1 Å². The van der Waals surface area contributed by atoms with Gasteiger partial charge in [-0.25, -0.2) is 4.79 Å². The minimum Gasteiger partial charge on any atom is -0.467 e. The van der Waals surface area contributed by atoms with E-state index in [1.165, 1.54) is 7.11 Å². The van der Waals surface area contributed by atoms with Gasteiger partial charge in [-0.1, -0.05) is 18.2 Å². The molecule has 0 aliphatic heterocycles. The Bertz CT molecular complexity index is 377. The summed E-state index contributed by atoms with van der Waals surface area (Å²) in [6, 6.07) is 6.03. The van der Waals surface area contributed by atoms with Crippen LogP contribution in [0.15, 0.2) is 18.2 Å². The summed E-state index contributed by atoms with van der Waals surface area (Å²) in [5.74, 6) is -0.268. The normalized spacial score (nSPS) is 11.1. The molecule has 0 aliphatic carbocycles. The number of ether oxygens (including phenoxy) is 1. The van der Waals surface area contributed by atoms with E-state index in [-0.39, 0.29) is 5.97 Å². The van der Waals surface area contributed by atoms with E-state index in [1.54, 1.807) is 0 Å². The number of nitrogens with one attached hydrogen (secondary N) is 1. The van der Waals surface area contributed by atoms with E-state index in [0.717, 1.165) is 16.8 Å². The summed E-state index contributed by atoms with van der Waals surface area (Å²) in [5, 5.41) is 3.23. The summed E-state index contributed by atoms with van der Waals surface area (Å²) in [6.07, 6.45) is 0. The Morgan fingerprint density at radius 2 is 1.75 bits per heavy atom. The van der Waals surface area contributed by atoms with Crippen molar-refractivity contribution >= 4 is 11.7 Å². The molecule has 0 spiro atoms. The maximum atomic E-state index is 11.6. The molecule has 0 radical (unpaired) electrons. The first-order valence-electron chi connectivity index (χ1n) is 5.31. The summed E-state index contributed by atoms with van der Waals surface area (Å²) in [7, 11) is 1.40. The number of carbonyl (C=O) groups is 1. The van der Waals surface area contributed by atoms with Gasteiger partial charge in [-0.15, -0.1) is 0 Å². The van der Waals surface area contributed by atoms with Gasteiger partial charge in [-0.3, -0.25) is 0 Å². The molecular weight excluding hydrogens is 202 g/mol. The standard InChI is InChI=1S/C13H19NO2/c1-9-7-6-8-10(2)11(9)14-13(3,4)12(15)16-5/h6-8,14H,1-5H3. The number of benzene rings is 1. The highest BCUT2D eigenvalue weighted by molar-refractivity contribution is 5.84. The molecule has 16 heavy (non-hydrogen) atoms. The van der Waals surface area contributed by atoms with Crippen LogP contribution in [0.1, 0.15) is 25.0 Å². The second-order valence-electron chi connectivity index (χ2n) is 4.51. The molecule has 0 saturated carbocycles. The van der Waals surface area contributed by atoms with Gasteiger partial charge in [0.15, 0.2) is 0 Å². The molecule has 1 N–H and O–H groups in total. The molecule has 0 unspecified atom stereocenters. The third-order valence-corrected chi connectivity index (χ3v) is 2.61. The Balaban J connectivity index is 3.00. The van der Waals surface area contributed by atoms with E-state index >= 15 is 0 Å². The third-order valence-electron chi connectivity index (χ3n) is 2.61. The largest absolute Gasteiger partial charge is 0.467 e. The quantitative estimate of drug-likeness (QED) is 0.797. The van der Waals surface area contributed by atoms with Gasteiger partial charge in [0.25, 0.3) is 0 Å². The lowest BCUT2D eigenvalue weighted by Crippen LogP contribution is -2.41. The van der Waals surface area contributed by atoms with E-state index in [2.05, 4.69) is 5.32 Å². The van der Waals surface area contributed by atoms with Gasteiger partial charge >= 0.3 is 5.97 Å². The Morgan fingerprint density at radius 3 is 2.19 bits per heavy atom. The van der Waals surface area contributed by atoms with Crippen molar-refractivity contribution in [2.45, 2.75) is 33.2 Å². The molecule has 1 rings (SSSR count). The predicted octanol–water partition coefficient (Wildman–Crippen LogP) is 2.67. The highest BCUT2D eigenvalue weighted by Gasteiger charge is 2.29. The molecule has 3 heteroatoms. The zero-order chi connectivity index (χ0) is 12.3. The first-order valence-corrected chi connectivity index (χ1v) is 5.31. The SMILES string of the molecule is COC(=O)C(C)(C)Nc1c(C)cccc1C. The first kappa shape index (κ1) is 12.6. The lowest BCUT2D eigenvalue weighted by atomic mass is 10.0. The van der Waals surface area contributed by atoms with Crippen LogP contribution in [0.4, 0.5) is 5.69 Å². The van der Waals surface area contributed by atoms with Crippen molar-refractivity contribution in [2.24, 2.45) is 0 Å². The van der Waals surface area contributed by atoms with Crippen molar-refractivity contribution in [3.63, 3.8) is 0 Å². The fourth-order valence-electron chi connectivity index (χ4n) is 1.63. The molecule has 0 saturated heterocycles. The van der Waals surface area contributed by atoms with E-state index in [0.29, 0.717) is 0 Å². The number of hydrogen-bond acceptors (Lipinski definition) is 3. The van der Waals surface area contributed by atoms with Crippen LogP contribution < -0.4 is 5.32 Å². The second-order valence-corrected chi connectivity index (χ2v) is 4.51. The zero-order valence-corrected chi connectivity index (χ0v) is 10.5. The topological polar surface area (TPSA) is 38.3 Å². The first-order chi connectivity index (χ1) is 7.38. The van der Waals surface area contributed by atoms with Gasteiger partial charge in [0, 0.05) is 5.69 Å². The molecule has 0 fully saturated rings. The van der Waals surface area contributed by atoms with Crippen LogP contribution in [0.2, 0.25) is 0 Å². The average molecular weight is 221 g/mol. The van der Waals surface area contributed by atoms with Crippen molar-refractivity contribution < 1.29 is 9.53 Å². The van der Waals surface area contributed by atoms with E-state index < -0.39 is 5.54 Å². The molecule has 0 aliphatic rings. The summed E-state index contributed by atoms with van der Waals surface area (Å²) < 4.78 is 4.77. The fourth-order valence-corrected chi connectivity index (χ4v) is 1.63. The molecular formula is C13H19NO2. The van der Waals surface area contributed by atoms with Gasteiger partial charge in [-0.2, -0.15) is 0 Å². The lowest BCUT2D eigenvalue weighted by molar-refractivity contribution is -0.144. The Morgan fingerprint density at radius 1 is 1.25 bits per heavy atom. The van der Waals surface area contributed by atoms with Crippen molar-refractivity contribution in [1.29, 1.82) is 0 Å². The van der Waals surface area contributed by atoms with Crippen molar-refractivity contribution in [1.82, 2.24) is 0 Å². The monoisotopic (exact) mass is 221 g/mol. The van der Waals surface area contributed by atoms with E-state index in [1.807, 2.05) is 45.9 Å². The number of anilines is 1. The maximum absolute atomic E-state index is 11.6. The molecule has 1 aromatic rings. The van der Waals surface area contributed by atoms with Crippen molar-refractivity contribution in [3.8, 4) is 0 Å². The van der Waals surface area contributed by atoms with Crippen LogP contribution in [0, 0.1) is 13.8 Å². The molecule has 88 valence electrons. The third kappa shape index (κ3) is 2.54. The number of aryl methyl sites for hydroxylation is 2. The Labute approximate surface area is 96.8 Å². The minimum atomic E-state index is -0.717. The number of para-hydroxylation sites is 1. The Hall–Kier alpha value is -1.51. The molecule has 1 aromatic carbocycles. The summed E-state index contributed by atoms with van der Waals surface area (Å²) in [4.78, 5) is 11.6. The van der Waals surface area contributed by atoms with Gasteiger partial charge in [-0.05, 0) is 38.8 Å². The fraction of sp³-hybridized carbons (Fsp3) is 0.462. The number of carbonyl (C=O) groups excluding carboxylic acids is 1. The van der Waals surface area contributed by atoms with Gasteiger partial charge in [0.2, 0.25) is 0 Å². The van der Waals surface area contributed by atoms with Crippen LogP contribution in [-0.4, -0.2) is 18.6 Å². The van der Waals surface area contributed by atoms with E-state index in [4.69, 9.17) is 4.74 Å². The van der Waals surface area contributed by atoms with Crippen LogP contribution in [0.3, 0.4) is 0 Å². The van der Waals surface area contributed by atoms with Gasteiger partial charge in [0.1, 0.15) is 5.54 Å². The smallest absolute Gasteiger partial charge is 0.330 e. The summed E-state index contributed by atoms with van der Waals surface area (Å²) >= 11 is 0. The van der Waals surface area contributed by atoms with E-state index in [9.17, 15) is 4.79 Å². The summed E-state index contributed by atoms with van der Waals surface area (Å²) in [6.45, 7) is 7.65. The number of hydrogen-bond donors (Lipinski definition) is 1. The number of esters is 1. The number of rotatable bonds is 3. The molecule has 0 amide bonds. The van der Waals surface area contributed by atoms with Crippen molar-refractivity contribution in [3.05, 3.63) is 29.3 Å². The lowest BCUT2D eigenvalue weighted by Gasteiger charge is -2.26. The number of methoxy groups -OCH3 is 1. The molecule has 3 nitrogen and oxygen atoms in total. The van der Waals surface area contributed by atoms with Gasteiger partial charge in [0.05, 0.1) is 7.11 Å². The predicted molar refractivity (Wildman–Crippen MR) is 65.6 cm³/mol. The van der Waals surface area contributed by atoms with Crippen LogP contribution in [0.25, 0.3) is 0 Å². The molecule has 0 heterocycles. The molecule has 0 aromatic heterocycles. The van der Waals surface area contributed by atoms with Crippen LogP contribution in [0.5, 0.6) is 0 Å². The molecule has 0 bridgehead atoms. The zero-order valence-electron chi connectivity index (χ0n) is 10.5. The second kappa shape index (κ2) is 4.56. The van der Waals surface area contributed by atoms with Crippen LogP contribution in [-0.2, 0) is 9.53 Å². The average Bonchev–Trinajstić information content (AvgIpc) is 2.22. The Kier molecular flexibility index (Phi) is 3.58. The minimum absolute atomic E-state index is 0.268. The van der Waals surface area contributed by atoms with Crippen molar-refractivity contribution in [2.75, 3.05) is 12.4 Å². The maximum Gasteiger partial charge on any atom is 0.330 e. The molecule has 0 atom stereocenters. The summed E-state index contributed by atoms with van der Waals surface area (Å²) in [5.41, 5.74) is 2.53. The highest BCUT2D eigenvalue weighted by Crippen LogP contribution is 2.24.